The minimum Gasteiger partial charge on any atom is -0.357 e. The van der Waals surface area contributed by atoms with Gasteiger partial charge in [-0.2, -0.15) is 0 Å². The van der Waals surface area contributed by atoms with Crippen molar-refractivity contribution in [2.45, 2.75) is 0 Å². The molecule has 0 aromatic heterocycles. The third-order valence-corrected chi connectivity index (χ3v) is 0.401. The molecule has 0 spiro atoms. The largest absolute Gasteiger partial charge is 0.357 e. The van der Waals surface area contributed by atoms with Gasteiger partial charge in [0.1, 0.15) is 0 Å². The van der Waals surface area contributed by atoms with E-state index in [1.165, 1.54) is 0 Å². The molecule has 1 nitrogen and oxygen atoms in total. The molecule has 0 aromatic rings. The van der Waals surface area contributed by atoms with Crippen molar-refractivity contribution in [3.8, 4) is 0 Å². The second-order valence-electron chi connectivity index (χ2n) is 0.543. The molecule has 3 N–H and O–H groups in total. The Labute approximate surface area is 30.7 Å². The van der Waals surface area contributed by atoms with Crippen LogP contribution in [-0.2, 0) is 0 Å². The lowest BCUT2D eigenvalue weighted by Gasteiger charge is -1.64. The first-order valence-electron chi connectivity index (χ1n) is 1.27. The first-order chi connectivity index (χ1) is 1.91. The number of hydrogen-bond acceptors (Lipinski definition) is 0. The number of hydrogen-bond donors (Lipinski definition) is 1. The van der Waals surface area contributed by atoms with Crippen LogP contribution in [0.1, 0.15) is 0 Å². The molecule has 0 amide bonds. The summed E-state index contributed by atoms with van der Waals surface area (Å²) in [6, 6.07) is 0. The fourth-order valence-electron chi connectivity index (χ4n) is 0. The number of alkyl halides is 1. The van der Waals surface area contributed by atoms with Crippen LogP contribution >= 0.6 is 11.6 Å². The highest BCUT2D eigenvalue weighted by Crippen LogP contribution is 1.58. The molecule has 26 valence electrons. The van der Waals surface area contributed by atoms with Crippen LogP contribution < -0.4 is 5.73 Å². The summed E-state index contributed by atoms with van der Waals surface area (Å²) in [4.78, 5) is 0. The Bertz CT molecular complexity index is 8.00. The molecule has 0 aliphatic carbocycles. The standard InChI is InChI=1S/C2H6ClN/c3-1-2-4/h1-2,4H2/p+1. The van der Waals surface area contributed by atoms with Gasteiger partial charge in [0.15, 0.2) is 0 Å². The average Bonchev–Trinajstić information content (AvgIpc) is 1.37. The van der Waals surface area contributed by atoms with Crippen LogP contribution in [0.4, 0.5) is 0 Å². The van der Waals surface area contributed by atoms with E-state index >= 15 is 0 Å². The van der Waals surface area contributed by atoms with E-state index in [9.17, 15) is 0 Å². The monoisotopic (exact) mass is 80.0 g/mol. The molecular formula is C2H7ClN+. The van der Waals surface area contributed by atoms with E-state index in [-0.39, 0.29) is 0 Å². The molecule has 0 bridgehead atoms. The zero-order chi connectivity index (χ0) is 3.41. The van der Waals surface area contributed by atoms with Gasteiger partial charge in [-0.25, -0.2) is 0 Å². The molecule has 0 atom stereocenters. The van der Waals surface area contributed by atoms with E-state index in [4.69, 9.17) is 11.6 Å². The predicted molar refractivity (Wildman–Crippen MR) is 18.5 cm³/mol. The third-order valence-electron chi connectivity index (χ3n) is 0.134. The van der Waals surface area contributed by atoms with Crippen LogP contribution in [0.3, 0.4) is 0 Å². The van der Waals surface area contributed by atoms with Crippen LogP contribution in [-0.4, -0.2) is 12.4 Å². The van der Waals surface area contributed by atoms with Crippen molar-refractivity contribution in [1.29, 1.82) is 0 Å². The first kappa shape index (κ1) is 4.25. The average molecular weight is 80.5 g/mol. The number of rotatable bonds is 1. The summed E-state index contributed by atoms with van der Waals surface area (Å²) in [6.07, 6.45) is 0. The Hall–Kier alpha value is 0.250. The topological polar surface area (TPSA) is 27.6 Å². The molecular weight excluding hydrogens is 73.5 g/mol. The van der Waals surface area contributed by atoms with E-state index in [1.807, 2.05) is 0 Å². The predicted octanol–water partition coefficient (Wildman–Crippen LogP) is -0.533. The molecule has 0 rings (SSSR count). The molecule has 0 aliphatic heterocycles. The fraction of sp³-hybridized carbons (Fsp3) is 1.00. The smallest absolute Gasteiger partial charge is 0.0877 e. The van der Waals surface area contributed by atoms with Gasteiger partial charge in [0, 0.05) is 0 Å². The molecule has 0 aromatic carbocycles. The van der Waals surface area contributed by atoms with Gasteiger partial charge >= 0.3 is 0 Å². The minimum absolute atomic E-state index is 0.681. The highest BCUT2D eigenvalue weighted by atomic mass is 35.5. The van der Waals surface area contributed by atoms with E-state index in [0.29, 0.717) is 5.88 Å². The Morgan fingerprint density at radius 1 is 1.75 bits per heavy atom. The number of halogens is 1. The third kappa shape index (κ3) is 2.25. The lowest BCUT2D eigenvalue weighted by molar-refractivity contribution is -0.360. The molecule has 0 saturated heterocycles. The summed E-state index contributed by atoms with van der Waals surface area (Å²) < 4.78 is 0. The van der Waals surface area contributed by atoms with Gasteiger partial charge in [-0.1, -0.05) is 0 Å². The van der Waals surface area contributed by atoms with Gasteiger partial charge in [-0.3, -0.25) is 0 Å². The maximum Gasteiger partial charge on any atom is 0.0877 e. The normalized spacial score (nSPS) is 7.50. The molecule has 0 aliphatic rings. The van der Waals surface area contributed by atoms with Crippen molar-refractivity contribution in [2.75, 3.05) is 12.4 Å². The first-order valence-corrected chi connectivity index (χ1v) is 1.80. The number of quaternary nitrogens is 1. The van der Waals surface area contributed by atoms with Crippen molar-refractivity contribution in [2.24, 2.45) is 0 Å². The summed E-state index contributed by atoms with van der Waals surface area (Å²) in [5, 5.41) is 0. The zero-order valence-corrected chi connectivity index (χ0v) is 3.26. The van der Waals surface area contributed by atoms with Crippen LogP contribution in [0, 0.1) is 0 Å². The minimum atomic E-state index is 0.681. The van der Waals surface area contributed by atoms with Gasteiger partial charge in [0.2, 0.25) is 0 Å². The van der Waals surface area contributed by atoms with Crippen LogP contribution in [0.25, 0.3) is 0 Å². The molecule has 0 unspecified atom stereocenters. The Morgan fingerprint density at radius 3 is 2.00 bits per heavy atom. The van der Waals surface area contributed by atoms with Gasteiger partial charge in [0.05, 0.1) is 12.4 Å². The summed E-state index contributed by atoms with van der Waals surface area (Å²) >= 11 is 5.12. The Balaban J connectivity index is 1.97. The van der Waals surface area contributed by atoms with Gasteiger partial charge in [-0.05, 0) is 0 Å². The lowest BCUT2D eigenvalue weighted by Crippen LogP contribution is -2.51. The van der Waals surface area contributed by atoms with E-state index < -0.39 is 0 Å². The lowest BCUT2D eigenvalue weighted by atomic mass is 10.8. The fourth-order valence-corrected chi connectivity index (χ4v) is 0. The molecule has 0 heterocycles. The SMILES string of the molecule is [NH3+]CCCl. The quantitative estimate of drug-likeness (QED) is 0.410. The Kier molecular flexibility index (Phi) is 3.45. The second-order valence-corrected chi connectivity index (χ2v) is 0.921. The molecule has 2 heteroatoms. The van der Waals surface area contributed by atoms with Crippen LogP contribution in [0.15, 0.2) is 0 Å². The van der Waals surface area contributed by atoms with E-state index in [0.717, 1.165) is 6.54 Å². The van der Waals surface area contributed by atoms with Crippen molar-refractivity contribution in [1.82, 2.24) is 0 Å². The van der Waals surface area contributed by atoms with Gasteiger partial charge < -0.3 is 5.73 Å². The van der Waals surface area contributed by atoms with Crippen LogP contribution in [0.5, 0.6) is 0 Å². The van der Waals surface area contributed by atoms with Crippen molar-refractivity contribution < 1.29 is 5.73 Å². The molecule has 4 heavy (non-hydrogen) atoms. The highest BCUT2D eigenvalue weighted by Gasteiger charge is 1.62. The summed E-state index contributed by atoms with van der Waals surface area (Å²) in [5.41, 5.74) is 3.47. The molecule has 0 radical (unpaired) electrons. The van der Waals surface area contributed by atoms with Gasteiger partial charge in [-0.15, -0.1) is 11.6 Å². The second kappa shape index (κ2) is 3.25. The summed E-state index contributed by atoms with van der Waals surface area (Å²) in [5.74, 6) is 0.681. The van der Waals surface area contributed by atoms with E-state index in [2.05, 4.69) is 5.73 Å². The van der Waals surface area contributed by atoms with Gasteiger partial charge in [0.25, 0.3) is 0 Å². The Morgan fingerprint density at radius 2 is 2.00 bits per heavy atom. The highest BCUT2D eigenvalue weighted by molar-refractivity contribution is 6.17. The maximum atomic E-state index is 5.12. The summed E-state index contributed by atoms with van der Waals surface area (Å²) in [6.45, 7) is 0.835. The van der Waals surface area contributed by atoms with Crippen molar-refractivity contribution in [3.63, 3.8) is 0 Å². The summed E-state index contributed by atoms with van der Waals surface area (Å²) in [7, 11) is 0. The van der Waals surface area contributed by atoms with E-state index in [1.54, 1.807) is 0 Å². The molecule has 0 saturated carbocycles. The van der Waals surface area contributed by atoms with Crippen LogP contribution in [0.2, 0.25) is 0 Å². The van der Waals surface area contributed by atoms with Crippen molar-refractivity contribution >= 4 is 11.6 Å². The van der Waals surface area contributed by atoms with Crippen molar-refractivity contribution in [3.05, 3.63) is 0 Å². The zero-order valence-electron chi connectivity index (χ0n) is 2.50. The maximum absolute atomic E-state index is 5.12. The molecule has 0 fully saturated rings.